The Hall–Kier alpha value is -3.39. The first-order valence-electron chi connectivity index (χ1n) is 9.25. The van der Waals surface area contributed by atoms with Crippen LogP contribution in [0.1, 0.15) is 17.2 Å². The van der Waals surface area contributed by atoms with Crippen molar-refractivity contribution in [1.29, 1.82) is 0 Å². The van der Waals surface area contributed by atoms with E-state index in [0.717, 1.165) is 29.7 Å². The molecule has 1 aromatic carbocycles. The molecule has 33 heavy (non-hydrogen) atoms. The Labute approximate surface area is 181 Å². The highest BCUT2D eigenvalue weighted by Crippen LogP contribution is 2.31. The van der Waals surface area contributed by atoms with Crippen LogP contribution in [0, 0.1) is 0 Å². The molecule has 2 aromatic heterocycles. The molecule has 8 nitrogen and oxygen atoms in total. The van der Waals surface area contributed by atoms with E-state index in [1.54, 1.807) is 16.9 Å². The van der Waals surface area contributed by atoms with Crippen LogP contribution in [0.25, 0.3) is 16.7 Å². The monoisotopic (exact) mass is 478 g/mol. The number of carboxylic acid groups (broad SMARTS) is 1. The van der Waals surface area contributed by atoms with Crippen LogP contribution in [0.15, 0.2) is 36.5 Å². The van der Waals surface area contributed by atoms with E-state index in [4.69, 9.17) is 9.90 Å². The van der Waals surface area contributed by atoms with Crippen LogP contribution in [0.2, 0.25) is 0 Å². The molecule has 1 fully saturated rings. The molecular formula is C19H16F6N4O4. The molecule has 0 aliphatic carbocycles. The van der Waals surface area contributed by atoms with E-state index in [2.05, 4.69) is 20.1 Å². The number of aliphatic hydroxyl groups is 1. The maximum atomic E-state index is 12.3. The predicted octanol–water partition coefficient (Wildman–Crippen LogP) is 3.13. The number of aliphatic carboxylic acids is 1. The van der Waals surface area contributed by atoms with Crippen LogP contribution >= 0.6 is 0 Å². The fraction of sp³-hybridized carbons (Fsp3) is 0.316. The Bertz CT molecular complexity index is 1120. The lowest BCUT2D eigenvalue weighted by molar-refractivity contribution is -0.274. The average Bonchev–Trinajstić information content (AvgIpc) is 3.05. The number of carbonyl (C=O) groups is 1. The third-order valence-electron chi connectivity index (χ3n) is 4.58. The summed E-state index contributed by atoms with van der Waals surface area (Å²) in [5.41, 5.74) is 2.67. The maximum absolute atomic E-state index is 12.3. The number of benzene rings is 1. The summed E-state index contributed by atoms with van der Waals surface area (Å²) >= 11 is 0. The minimum atomic E-state index is -5.08. The Kier molecular flexibility index (Phi) is 6.78. The van der Waals surface area contributed by atoms with Gasteiger partial charge in [-0.1, -0.05) is 0 Å². The van der Waals surface area contributed by atoms with Gasteiger partial charge in [-0.05, 0) is 35.9 Å². The summed E-state index contributed by atoms with van der Waals surface area (Å²) in [6, 6.07) is 7.19. The van der Waals surface area contributed by atoms with Crippen molar-refractivity contribution < 1.29 is 46.1 Å². The Morgan fingerprint density at radius 1 is 1.12 bits per heavy atom. The van der Waals surface area contributed by atoms with Gasteiger partial charge in [0.2, 0.25) is 0 Å². The number of hydrogen-bond donors (Lipinski definition) is 3. The fourth-order valence-corrected chi connectivity index (χ4v) is 3.00. The molecule has 3 aromatic rings. The molecule has 0 radical (unpaired) electrons. The molecule has 4 rings (SSSR count). The van der Waals surface area contributed by atoms with Crippen LogP contribution in [-0.4, -0.2) is 56.6 Å². The van der Waals surface area contributed by atoms with Crippen molar-refractivity contribution in [3.05, 3.63) is 47.8 Å². The first-order valence-corrected chi connectivity index (χ1v) is 9.25. The molecule has 178 valence electrons. The molecule has 3 N–H and O–H groups in total. The van der Waals surface area contributed by atoms with Crippen molar-refractivity contribution in [3.63, 3.8) is 0 Å². The standard InChI is InChI=1S/C17H15F3N4O2.C2HF3O2/c18-17(19,20)26-13-3-1-12(2-4-13)24-16-14(10(9-25)5-6-22-16)15(23-24)11-7-21-8-11;3-2(4,5)1(6)7/h1-6,11,21,25H,7-9H2;(H,6,7). The van der Waals surface area contributed by atoms with Gasteiger partial charge in [-0.25, -0.2) is 14.5 Å². The van der Waals surface area contributed by atoms with Crippen LogP contribution in [0.5, 0.6) is 5.75 Å². The van der Waals surface area contributed by atoms with Gasteiger partial charge in [0, 0.05) is 30.6 Å². The first kappa shape index (κ1) is 24.3. The van der Waals surface area contributed by atoms with Crippen molar-refractivity contribution in [3.8, 4) is 11.4 Å². The smallest absolute Gasteiger partial charge is 0.475 e. The van der Waals surface area contributed by atoms with E-state index in [1.165, 1.54) is 24.3 Å². The second-order valence-electron chi connectivity index (χ2n) is 6.82. The Morgan fingerprint density at radius 3 is 2.18 bits per heavy atom. The number of aromatic nitrogens is 3. The topological polar surface area (TPSA) is 110 Å². The summed E-state index contributed by atoms with van der Waals surface area (Å²) in [4.78, 5) is 13.3. The van der Waals surface area contributed by atoms with Gasteiger partial charge in [0.05, 0.1) is 18.0 Å². The molecule has 0 spiro atoms. The third kappa shape index (κ3) is 5.70. The number of pyridine rings is 1. The van der Waals surface area contributed by atoms with E-state index < -0.39 is 18.5 Å². The largest absolute Gasteiger partial charge is 0.573 e. The van der Waals surface area contributed by atoms with Crippen molar-refractivity contribution in [2.24, 2.45) is 0 Å². The Morgan fingerprint density at radius 2 is 1.73 bits per heavy atom. The van der Waals surface area contributed by atoms with Gasteiger partial charge in [-0.2, -0.15) is 18.3 Å². The highest BCUT2D eigenvalue weighted by molar-refractivity contribution is 5.84. The molecule has 1 aliphatic rings. The van der Waals surface area contributed by atoms with Crippen LogP contribution in [-0.2, 0) is 11.4 Å². The molecule has 3 heterocycles. The number of nitrogens with zero attached hydrogens (tertiary/aromatic N) is 3. The summed E-state index contributed by atoms with van der Waals surface area (Å²) in [7, 11) is 0. The zero-order valence-corrected chi connectivity index (χ0v) is 16.5. The lowest BCUT2D eigenvalue weighted by atomic mass is 9.95. The van der Waals surface area contributed by atoms with Gasteiger partial charge < -0.3 is 20.3 Å². The third-order valence-corrected chi connectivity index (χ3v) is 4.58. The highest BCUT2D eigenvalue weighted by atomic mass is 19.4. The number of hydrogen-bond acceptors (Lipinski definition) is 6. The van der Waals surface area contributed by atoms with Gasteiger partial charge in [-0.15, -0.1) is 13.2 Å². The summed E-state index contributed by atoms with van der Waals surface area (Å²) in [5, 5.41) is 25.4. The van der Waals surface area contributed by atoms with Crippen LogP contribution < -0.4 is 10.1 Å². The van der Waals surface area contributed by atoms with Gasteiger partial charge in [0.15, 0.2) is 5.65 Å². The molecular weight excluding hydrogens is 462 g/mol. The molecule has 1 aliphatic heterocycles. The van der Waals surface area contributed by atoms with E-state index in [1.807, 2.05) is 0 Å². The van der Waals surface area contributed by atoms with Crippen molar-refractivity contribution >= 4 is 17.0 Å². The lowest BCUT2D eigenvalue weighted by Crippen LogP contribution is -2.40. The summed E-state index contributed by atoms with van der Waals surface area (Å²) in [6.07, 6.45) is -8.24. The number of fused-ring (bicyclic) bond motifs is 1. The number of halogens is 6. The minimum Gasteiger partial charge on any atom is -0.475 e. The van der Waals surface area contributed by atoms with Crippen LogP contribution in [0.3, 0.4) is 0 Å². The van der Waals surface area contributed by atoms with Gasteiger partial charge in [0.25, 0.3) is 0 Å². The summed E-state index contributed by atoms with van der Waals surface area (Å²) in [5.74, 6) is -2.85. The molecule has 0 saturated carbocycles. The highest BCUT2D eigenvalue weighted by Gasteiger charge is 2.38. The second kappa shape index (κ2) is 9.23. The van der Waals surface area contributed by atoms with Crippen molar-refractivity contribution in [2.45, 2.75) is 25.1 Å². The SMILES string of the molecule is O=C(O)C(F)(F)F.OCc1ccnc2c1c(C1CNC1)nn2-c1ccc(OC(F)(F)F)cc1. The van der Waals surface area contributed by atoms with Gasteiger partial charge in [-0.3, -0.25) is 0 Å². The summed E-state index contributed by atoms with van der Waals surface area (Å²) < 4.78 is 74.2. The van der Waals surface area contributed by atoms with Crippen molar-refractivity contribution in [1.82, 2.24) is 20.1 Å². The first-order chi connectivity index (χ1) is 15.4. The Balaban J connectivity index is 0.000000383. The normalized spacial score (nSPS) is 14.4. The number of aliphatic hydroxyl groups excluding tert-OH is 1. The second-order valence-corrected chi connectivity index (χ2v) is 6.82. The number of ether oxygens (including phenoxy) is 1. The molecule has 0 atom stereocenters. The zero-order chi connectivity index (χ0) is 24.4. The van der Waals surface area contributed by atoms with E-state index in [9.17, 15) is 31.4 Å². The average molecular weight is 478 g/mol. The predicted molar refractivity (Wildman–Crippen MR) is 101 cm³/mol. The molecule has 0 unspecified atom stereocenters. The van der Waals surface area contributed by atoms with Gasteiger partial charge >= 0.3 is 18.5 Å². The number of alkyl halides is 6. The van der Waals surface area contributed by atoms with E-state index >= 15 is 0 Å². The molecule has 1 saturated heterocycles. The number of nitrogens with one attached hydrogen (secondary N) is 1. The van der Waals surface area contributed by atoms with Crippen LogP contribution in [0.4, 0.5) is 26.3 Å². The van der Waals surface area contributed by atoms with E-state index in [-0.39, 0.29) is 18.3 Å². The van der Waals surface area contributed by atoms with Crippen molar-refractivity contribution in [2.75, 3.05) is 13.1 Å². The molecule has 14 heteroatoms. The number of rotatable bonds is 4. The zero-order valence-electron chi connectivity index (χ0n) is 16.5. The fourth-order valence-electron chi connectivity index (χ4n) is 3.00. The van der Waals surface area contributed by atoms with Gasteiger partial charge in [0.1, 0.15) is 5.75 Å². The molecule has 0 amide bonds. The minimum absolute atomic E-state index is 0.143. The molecule has 0 bridgehead atoms. The number of carboxylic acids is 1. The van der Waals surface area contributed by atoms with E-state index in [0.29, 0.717) is 11.3 Å². The maximum Gasteiger partial charge on any atom is 0.573 e. The summed E-state index contributed by atoms with van der Waals surface area (Å²) in [6.45, 7) is 1.42. The quantitative estimate of drug-likeness (QED) is 0.495. The lowest BCUT2D eigenvalue weighted by Gasteiger charge is -2.25.